The van der Waals surface area contributed by atoms with Gasteiger partial charge in [-0.15, -0.1) is 0 Å². The first-order valence-corrected chi connectivity index (χ1v) is 7.06. The van der Waals surface area contributed by atoms with Crippen molar-refractivity contribution in [1.29, 1.82) is 0 Å². The second-order valence-corrected chi connectivity index (χ2v) is 5.57. The van der Waals surface area contributed by atoms with E-state index in [0.717, 1.165) is 18.4 Å². The summed E-state index contributed by atoms with van der Waals surface area (Å²) in [6, 6.07) is 5.36. The van der Waals surface area contributed by atoms with Crippen LogP contribution in [0.15, 0.2) is 35.3 Å². The molecular weight excluding hydrogens is 271 g/mol. The first-order valence-electron chi connectivity index (χ1n) is 7.06. The summed E-state index contributed by atoms with van der Waals surface area (Å²) in [5.74, 6) is 0.102. The third-order valence-electron chi connectivity index (χ3n) is 3.99. The molecule has 0 N–H and O–H groups in total. The molecule has 1 unspecified atom stereocenters. The fraction of sp³-hybridized carbons (Fsp3) is 0.375. The van der Waals surface area contributed by atoms with Crippen LogP contribution in [0.25, 0.3) is 0 Å². The maximum Gasteiger partial charge on any atom is 0.275 e. The van der Waals surface area contributed by atoms with Crippen molar-refractivity contribution in [2.45, 2.75) is 19.8 Å². The Bertz CT molecular complexity index is 640. The fourth-order valence-electron chi connectivity index (χ4n) is 2.76. The van der Waals surface area contributed by atoms with Crippen LogP contribution in [-0.4, -0.2) is 28.9 Å². The lowest BCUT2D eigenvalue weighted by atomic mass is 9.98. The van der Waals surface area contributed by atoms with Crippen LogP contribution in [0.1, 0.15) is 28.0 Å². The molecule has 2 aromatic rings. The lowest BCUT2D eigenvalue weighted by molar-refractivity contribution is 0.0781. The van der Waals surface area contributed by atoms with Gasteiger partial charge in [-0.2, -0.15) is 0 Å². The quantitative estimate of drug-likeness (QED) is 0.872. The molecule has 1 amide bonds. The number of carbonyl (C=O) groups is 1. The van der Waals surface area contributed by atoms with Crippen molar-refractivity contribution in [3.8, 4) is 0 Å². The van der Waals surface area contributed by atoms with Gasteiger partial charge in [0.2, 0.25) is 0 Å². The zero-order chi connectivity index (χ0) is 14.8. The third kappa shape index (κ3) is 2.96. The van der Waals surface area contributed by atoms with Gasteiger partial charge in [-0.3, -0.25) is 4.79 Å². The molecule has 1 aliphatic heterocycles. The number of benzene rings is 1. The van der Waals surface area contributed by atoms with E-state index in [4.69, 9.17) is 4.42 Å². The van der Waals surface area contributed by atoms with E-state index in [1.54, 1.807) is 24.0 Å². The van der Waals surface area contributed by atoms with Gasteiger partial charge in [0, 0.05) is 13.1 Å². The third-order valence-corrected chi connectivity index (χ3v) is 3.99. The van der Waals surface area contributed by atoms with E-state index < -0.39 is 0 Å². The minimum absolute atomic E-state index is 0.0960. The molecule has 0 saturated carbocycles. The van der Waals surface area contributed by atoms with Gasteiger partial charge in [-0.05, 0) is 42.9 Å². The van der Waals surface area contributed by atoms with Gasteiger partial charge >= 0.3 is 0 Å². The predicted molar refractivity (Wildman–Crippen MR) is 75.4 cm³/mol. The second kappa shape index (κ2) is 5.68. The van der Waals surface area contributed by atoms with E-state index in [-0.39, 0.29) is 11.7 Å². The second-order valence-electron chi connectivity index (χ2n) is 5.57. The molecule has 1 aromatic carbocycles. The minimum Gasteiger partial charge on any atom is -0.451 e. The molecule has 1 atom stereocenters. The smallest absolute Gasteiger partial charge is 0.275 e. The summed E-state index contributed by atoms with van der Waals surface area (Å²) >= 11 is 0. The van der Waals surface area contributed by atoms with Gasteiger partial charge in [0.1, 0.15) is 12.1 Å². The van der Waals surface area contributed by atoms with Crippen molar-refractivity contribution >= 4 is 5.91 Å². The summed E-state index contributed by atoms with van der Waals surface area (Å²) in [7, 11) is 0. The van der Waals surface area contributed by atoms with Crippen LogP contribution in [0, 0.1) is 18.7 Å². The molecule has 3 rings (SSSR count). The molecule has 2 heterocycles. The van der Waals surface area contributed by atoms with Gasteiger partial charge < -0.3 is 9.32 Å². The highest BCUT2D eigenvalue weighted by Crippen LogP contribution is 2.23. The molecule has 5 heteroatoms. The highest BCUT2D eigenvalue weighted by atomic mass is 19.1. The van der Waals surface area contributed by atoms with Gasteiger partial charge in [0.25, 0.3) is 5.91 Å². The molecule has 0 radical (unpaired) electrons. The van der Waals surface area contributed by atoms with Crippen LogP contribution >= 0.6 is 0 Å². The molecule has 1 saturated heterocycles. The van der Waals surface area contributed by atoms with Crippen LogP contribution in [0.3, 0.4) is 0 Å². The molecule has 0 spiro atoms. The molecule has 0 aliphatic carbocycles. The SMILES string of the molecule is Cc1ccc(CC2CCN(C(=O)c3cocn3)C2)cc1F. The molecular formula is C16H17FN2O2. The molecule has 1 fully saturated rings. The Morgan fingerprint density at radius 1 is 1.52 bits per heavy atom. The van der Waals surface area contributed by atoms with E-state index in [0.29, 0.717) is 30.3 Å². The lowest BCUT2D eigenvalue weighted by Gasteiger charge is -2.15. The highest BCUT2D eigenvalue weighted by molar-refractivity contribution is 5.92. The first-order chi connectivity index (χ1) is 10.1. The van der Waals surface area contributed by atoms with E-state index in [1.807, 2.05) is 6.07 Å². The summed E-state index contributed by atoms with van der Waals surface area (Å²) in [5.41, 5.74) is 1.99. The van der Waals surface area contributed by atoms with Crippen LogP contribution in [0.2, 0.25) is 0 Å². The maximum atomic E-state index is 13.6. The summed E-state index contributed by atoms with van der Waals surface area (Å²) in [6.07, 6.45) is 4.35. The number of rotatable bonds is 3. The minimum atomic E-state index is -0.166. The van der Waals surface area contributed by atoms with Crippen molar-refractivity contribution in [3.63, 3.8) is 0 Å². The number of hydrogen-bond donors (Lipinski definition) is 0. The Hall–Kier alpha value is -2.17. The molecule has 21 heavy (non-hydrogen) atoms. The Labute approximate surface area is 122 Å². The van der Waals surface area contributed by atoms with Crippen molar-refractivity contribution in [2.75, 3.05) is 13.1 Å². The lowest BCUT2D eigenvalue weighted by Crippen LogP contribution is -2.29. The van der Waals surface area contributed by atoms with Gasteiger partial charge in [-0.1, -0.05) is 12.1 Å². The Balaban J connectivity index is 1.62. The standard InChI is InChI=1S/C16H17FN2O2/c1-11-2-3-12(7-14(11)17)6-13-4-5-19(8-13)16(20)15-9-21-10-18-15/h2-3,7,9-10,13H,4-6,8H2,1H3. The topological polar surface area (TPSA) is 46.3 Å². The van der Waals surface area contributed by atoms with Crippen LogP contribution in [0.4, 0.5) is 4.39 Å². The molecule has 0 bridgehead atoms. The van der Waals surface area contributed by atoms with Crippen molar-refractivity contribution in [3.05, 3.63) is 53.5 Å². The zero-order valence-electron chi connectivity index (χ0n) is 11.9. The number of oxazole rings is 1. The summed E-state index contributed by atoms with van der Waals surface area (Å²) in [6.45, 7) is 3.15. The van der Waals surface area contributed by atoms with Crippen molar-refractivity contribution in [1.82, 2.24) is 9.88 Å². The van der Waals surface area contributed by atoms with Crippen molar-refractivity contribution in [2.24, 2.45) is 5.92 Å². The number of amides is 1. The van der Waals surface area contributed by atoms with E-state index >= 15 is 0 Å². The number of aryl methyl sites for hydroxylation is 1. The van der Waals surface area contributed by atoms with E-state index in [1.165, 1.54) is 12.7 Å². The summed E-state index contributed by atoms with van der Waals surface area (Å²) in [5, 5.41) is 0. The monoisotopic (exact) mass is 288 g/mol. The maximum absolute atomic E-state index is 13.6. The first kappa shape index (κ1) is 13.8. The zero-order valence-corrected chi connectivity index (χ0v) is 11.9. The van der Waals surface area contributed by atoms with E-state index in [9.17, 15) is 9.18 Å². The summed E-state index contributed by atoms with van der Waals surface area (Å²) in [4.78, 5) is 17.8. The Morgan fingerprint density at radius 2 is 2.38 bits per heavy atom. The van der Waals surface area contributed by atoms with Crippen LogP contribution in [-0.2, 0) is 6.42 Å². The fourth-order valence-corrected chi connectivity index (χ4v) is 2.76. The molecule has 1 aliphatic rings. The normalized spacial score (nSPS) is 18.2. The van der Waals surface area contributed by atoms with Crippen LogP contribution in [0.5, 0.6) is 0 Å². The number of aromatic nitrogens is 1. The number of nitrogens with zero attached hydrogens (tertiary/aromatic N) is 2. The molecule has 4 nitrogen and oxygen atoms in total. The van der Waals surface area contributed by atoms with Crippen LogP contribution < -0.4 is 0 Å². The number of likely N-dealkylation sites (tertiary alicyclic amines) is 1. The number of halogens is 1. The van der Waals surface area contributed by atoms with Gasteiger partial charge in [0.05, 0.1) is 0 Å². The van der Waals surface area contributed by atoms with Crippen molar-refractivity contribution < 1.29 is 13.6 Å². The van der Waals surface area contributed by atoms with Gasteiger partial charge in [0.15, 0.2) is 12.1 Å². The number of hydrogen-bond acceptors (Lipinski definition) is 3. The Morgan fingerprint density at radius 3 is 3.10 bits per heavy atom. The van der Waals surface area contributed by atoms with Gasteiger partial charge in [-0.25, -0.2) is 9.37 Å². The highest BCUT2D eigenvalue weighted by Gasteiger charge is 2.28. The average molecular weight is 288 g/mol. The Kier molecular flexibility index (Phi) is 3.73. The van der Waals surface area contributed by atoms with E-state index in [2.05, 4.69) is 4.98 Å². The largest absolute Gasteiger partial charge is 0.451 e. The predicted octanol–water partition coefficient (Wildman–Crippen LogP) is 2.83. The molecule has 110 valence electrons. The average Bonchev–Trinajstić information content (AvgIpc) is 3.13. The number of carbonyl (C=O) groups excluding carboxylic acids is 1. The molecule has 1 aromatic heterocycles. The summed E-state index contributed by atoms with van der Waals surface area (Å²) < 4.78 is 18.4.